The first kappa shape index (κ1) is 12.6. The standard InChI is InChI=1S/C13H15BrFNO/c1-2-8-16(9-6-7-9)13(17)12-10(14)4-3-5-11(12)15/h3-5,9H,2,6-8H2,1H3. The summed E-state index contributed by atoms with van der Waals surface area (Å²) >= 11 is 3.25. The number of hydrogen-bond donors (Lipinski definition) is 0. The Morgan fingerprint density at radius 2 is 2.24 bits per heavy atom. The van der Waals surface area contributed by atoms with Crippen LogP contribution in [0.4, 0.5) is 4.39 Å². The molecule has 0 atom stereocenters. The quantitative estimate of drug-likeness (QED) is 0.832. The predicted octanol–water partition coefficient (Wildman–Crippen LogP) is 3.60. The maximum absolute atomic E-state index is 13.7. The van der Waals surface area contributed by atoms with E-state index in [1.54, 1.807) is 17.0 Å². The van der Waals surface area contributed by atoms with Gasteiger partial charge in [-0.1, -0.05) is 13.0 Å². The molecule has 92 valence electrons. The van der Waals surface area contributed by atoms with Gasteiger partial charge in [-0.05, 0) is 47.3 Å². The van der Waals surface area contributed by atoms with Gasteiger partial charge in [0, 0.05) is 17.1 Å². The third kappa shape index (κ3) is 2.68. The van der Waals surface area contributed by atoms with Crippen molar-refractivity contribution in [3.05, 3.63) is 34.1 Å². The number of halogens is 2. The second-order valence-corrected chi connectivity index (χ2v) is 5.18. The van der Waals surface area contributed by atoms with Gasteiger partial charge in [-0.15, -0.1) is 0 Å². The van der Waals surface area contributed by atoms with Crippen molar-refractivity contribution in [1.29, 1.82) is 0 Å². The van der Waals surface area contributed by atoms with Gasteiger partial charge in [0.05, 0.1) is 5.56 Å². The van der Waals surface area contributed by atoms with Crippen LogP contribution < -0.4 is 0 Å². The maximum Gasteiger partial charge on any atom is 0.258 e. The highest BCUT2D eigenvalue weighted by molar-refractivity contribution is 9.10. The molecule has 0 radical (unpaired) electrons. The zero-order valence-electron chi connectivity index (χ0n) is 9.75. The van der Waals surface area contributed by atoms with Gasteiger partial charge in [0.25, 0.3) is 5.91 Å². The van der Waals surface area contributed by atoms with Crippen LogP contribution in [0.3, 0.4) is 0 Å². The van der Waals surface area contributed by atoms with E-state index in [1.165, 1.54) is 6.07 Å². The number of carbonyl (C=O) groups excluding carboxylic acids is 1. The molecule has 0 bridgehead atoms. The van der Waals surface area contributed by atoms with Crippen molar-refractivity contribution in [3.8, 4) is 0 Å². The molecule has 1 aromatic carbocycles. The molecule has 0 aliphatic heterocycles. The van der Waals surface area contributed by atoms with Crippen LogP contribution in [-0.2, 0) is 0 Å². The molecule has 1 aliphatic rings. The lowest BCUT2D eigenvalue weighted by Crippen LogP contribution is -2.34. The van der Waals surface area contributed by atoms with Crippen molar-refractivity contribution in [3.63, 3.8) is 0 Å². The van der Waals surface area contributed by atoms with Crippen LogP contribution >= 0.6 is 15.9 Å². The van der Waals surface area contributed by atoms with Crippen LogP contribution in [0.2, 0.25) is 0 Å². The Hall–Kier alpha value is -0.900. The first-order chi connectivity index (χ1) is 8.15. The van der Waals surface area contributed by atoms with Crippen molar-refractivity contribution in [2.45, 2.75) is 32.2 Å². The fourth-order valence-electron chi connectivity index (χ4n) is 1.92. The zero-order chi connectivity index (χ0) is 12.4. The molecule has 4 heteroatoms. The minimum atomic E-state index is -0.453. The van der Waals surface area contributed by atoms with E-state index < -0.39 is 5.82 Å². The summed E-state index contributed by atoms with van der Waals surface area (Å²) < 4.78 is 14.2. The van der Waals surface area contributed by atoms with E-state index in [-0.39, 0.29) is 11.5 Å². The molecule has 1 aliphatic carbocycles. The number of hydrogen-bond acceptors (Lipinski definition) is 1. The molecule has 0 heterocycles. The molecule has 17 heavy (non-hydrogen) atoms. The Kier molecular flexibility index (Phi) is 3.82. The Bertz CT molecular complexity index is 411. The summed E-state index contributed by atoms with van der Waals surface area (Å²) in [6.07, 6.45) is 2.98. The van der Waals surface area contributed by atoms with E-state index in [9.17, 15) is 9.18 Å². The van der Waals surface area contributed by atoms with Gasteiger partial charge in [-0.2, -0.15) is 0 Å². The topological polar surface area (TPSA) is 20.3 Å². The summed E-state index contributed by atoms with van der Waals surface area (Å²) in [7, 11) is 0. The lowest BCUT2D eigenvalue weighted by Gasteiger charge is -2.22. The van der Waals surface area contributed by atoms with Gasteiger partial charge in [0.15, 0.2) is 0 Å². The molecular weight excluding hydrogens is 285 g/mol. The molecule has 1 aromatic rings. The van der Waals surface area contributed by atoms with E-state index in [2.05, 4.69) is 15.9 Å². The summed E-state index contributed by atoms with van der Waals surface area (Å²) in [6.45, 7) is 2.73. The van der Waals surface area contributed by atoms with Gasteiger partial charge in [-0.25, -0.2) is 4.39 Å². The zero-order valence-corrected chi connectivity index (χ0v) is 11.3. The Balaban J connectivity index is 2.28. The summed E-state index contributed by atoms with van der Waals surface area (Å²) in [5.74, 6) is -0.648. The number of benzene rings is 1. The van der Waals surface area contributed by atoms with Crippen molar-refractivity contribution in [2.24, 2.45) is 0 Å². The highest BCUT2D eigenvalue weighted by Gasteiger charge is 2.34. The minimum Gasteiger partial charge on any atom is -0.336 e. The van der Waals surface area contributed by atoms with E-state index in [0.29, 0.717) is 17.1 Å². The smallest absolute Gasteiger partial charge is 0.258 e. The van der Waals surface area contributed by atoms with E-state index in [1.807, 2.05) is 6.92 Å². The molecule has 1 saturated carbocycles. The lowest BCUT2D eigenvalue weighted by molar-refractivity contribution is 0.0737. The first-order valence-corrected chi connectivity index (χ1v) is 6.69. The van der Waals surface area contributed by atoms with Crippen molar-refractivity contribution in [1.82, 2.24) is 4.90 Å². The van der Waals surface area contributed by atoms with Gasteiger partial charge in [0.2, 0.25) is 0 Å². The summed E-state index contributed by atoms with van der Waals surface area (Å²) in [6, 6.07) is 4.94. The predicted molar refractivity (Wildman–Crippen MR) is 68.4 cm³/mol. The molecule has 1 amide bonds. The third-order valence-electron chi connectivity index (χ3n) is 2.89. The van der Waals surface area contributed by atoms with E-state index in [0.717, 1.165) is 19.3 Å². The Morgan fingerprint density at radius 1 is 1.53 bits per heavy atom. The first-order valence-electron chi connectivity index (χ1n) is 5.90. The molecule has 0 spiro atoms. The summed E-state index contributed by atoms with van der Waals surface area (Å²) in [4.78, 5) is 14.1. The summed E-state index contributed by atoms with van der Waals surface area (Å²) in [5.41, 5.74) is 0.160. The monoisotopic (exact) mass is 299 g/mol. The van der Waals surface area contributed by atoms with Crippen LogP contribution in [0.5, 0.6) is 0 Å². The Morgan fingerprint density at radius 3 is 2.76 bits per heavy atom. The van der Waals surface area contributed by atoms with Gasteiger partial charge in [0.1, 0.15) is 5.82 Å². The third-order valence-corrected chi connectivity index (χ3v) is 3.55. The summed E-state index contributed by atoms with van der Waals surface area (Å²) in [5, 5.41) is 0. The van der Waals surface area contributed by atoms with Crippen molar-refractivity contribution >= 4 is 21.8 Å². The second-order valence-electron chi connectivity index (χ2n) is 4.33. The Labute approximate surface area is 109 Å². The molecule has 2 rings (SSSR count). The molecule has 2 nitrogen and oxygen atoms in total. The average molecular weight is 300 g/mol. The van der Waals surface area contributed by atoms with Crippen LogP contribution in [0.1, 0.15) is 36.5 Å². The normalized spacial score (nSPS) is 14.8. The van der Waals surface area contributed by atoms with Crippen LogP contribution in [0.15, 0.2) is 22.7 Å². The minimum absolute atomic E-state index is 0.160. The largest absolute Gasteiger partial charge is 0.336 e. The van der Waals surface area contributed by atoms with Gasteiger partial charge in [-0.3, -0.25) is 4.79 Å². The van der Waals surface area contributed by atoms with Gasteiger partial charge < -0.3 is 4.90 Å². The number of rotatable bonds is 4. The van der Waals surface area contributed by atoms with Crippen molar-refractivity contribution < 1.29 is 9.18 Å². The van der Waals surface area contributed by atoms with E-state index in [4.69, 9.17) is 0 Å². The van der Waals surface area contributed by atoms with Crippen molar-refractivity contribution in [2.75, 3.05) is 6.54 Å². The molecule has 0 aromatic heterocycles. The van der Waals surface area contributed by atoms with Crippen LogP contribution in [-0.4, -0.2) is 23.4 Å². The molecule has 0 saturated heterocycles. The molecular formula is C13H15BrFNO. The average Bonchev–Trinajstić information content (AvgIpc) is 3.09. The fourth-order valence-corrected chi connectivity index (χ4v) is 2.43. The molecule has 0 N–H and O–H groups in total. The van der Waals surface area contributed by atoms with Crippen LogP contribution in [0.25, 0.3) is 0 Å². The lowest BCUT2D eigenvalue weighted by atomic mass is 10.1. The van der Waals surface area contributed by atoms with E-state index >= 15 is 0 Å². The van der Waals surface area contributed by atoms with Gasteiger partial charge >= 0.3 is 0 Å². The highest BCUT2D eigenvalue weighted by Crippen LogP contribution is 2.30. The highest BCUT2D eigenvalue weighted by atomic mass is 79.9. The fraction of sp³-hybridized carbons (Fsp3) is 0.462. The molecule has 1 fully saturated rings. The SMILES string of the molecule is CCCN(C(=O)c1c(F)cccc1Br)C1CC1. The number of nitrogens with zero attached hydrogens (tertiary/aromatic N) is 1. The number of carbonyl (C=O) groups is 1. The number of amides is 1. The van der Waals surface area contributed by atoms with Crippen LogP contribution in [0, 0.1) is 5.82 Å². The second kappa shape index (κ2) is 5.17. The maximum atomic E-state index is 13.7. The molecule has 0 unspecified atom stereocenters.